The molecule has 3 rings (SSSR count). The van der Waals surface area contributed by atoms with E-state index < -0.39 is 0 Å². The third-order valence-corrected chi connectivity index (χ3v) is 2.49. The molecule has 5 nitrogen and oxygen atoms in total. The van der Waals surface area contributed by atoms with Gasteiger partial charge in [0.25, 0.3) is 0 Å². The number of rotatable bonds is 2. The Morgan fingerprint density at radius 1 is 1.33 bits per heavy atom. The van der Waals surface area contributed by atoms with Crippen molar-refractivity contribution in [2.24, 2.45) is 0 Å². The first-order valence-corrected chi connectivity index (χ1v) is 4.91. The molecule has 2 aromatic rings. The van der Waals surface area contributed by atoms with Crippen LogP contribution in [0.2, 0.25) is 0 Å². The molecule has 1 unspecified atom stereocenters. The minimum Gasteiger partial charge on any atom is -0.359 e. The van der Waals surface area contributed by atoms with Crippen LogP contribution in [-0.2, 0) is 0 Å². The molecule has 3 heterocycles. The molecule has 0 aliphatic carbocycles. The lowest BCUT2D eigenvalue weighted by atomic mass is 10.0. The van der Waals surface area contributed by atoms with Gasteiger partial charge in [0.05, 0.1) is 6.04 Å². The maximum atomic E-state index is 5.23. The fourth-order valence-corrected chi connectivity index (χ4v) is 1.52. The average molecular weight is 202 g/mol. The van der Waals surface area contributed by atoms with E-state index in [9.17, 15) is 0 Å². The van der Waals surface area contributed by atoms with E-state index in [1.165, 1.54) is 0 Å². The van der Waals surface area contributed by atoms with Gasteiger partial charge < -0.3 is 9.84 Å². The fourth-order valence-electron chi connectivity index (χ4n) is 1.52. The molecule has 1 aliphatic rings. The van der Waals surface area contributed by atoms with E-state index >= 15 is 0 Å². The zero-order valence-electron chi connectivity index (χ0n) is 8.05. The van der Waals surface area contributed by atoms with Crippen LogP contribution in [0.4, 0.5) is 0 Å². The van der Waals surface area contributed by atoms with E-state index in [1.54, 1.807) is 18.5 Å². The Morgan fingerprint density at radius 2 is 2.13 bits per heavy atom. The van der Waals surface area contributed by atoms with Crippen LogP contribution in [0.15, 0.2) is 29.0 Å². The minimum atomic E-state index is 0.315. The van der Waals surface area contributed by atoms with Gasteiger partial charge in [0.1, 0.15) is 0 Å². The van der Waals surface area contributed by atoms with Gasteiger partial charge in [0, 0.05) is 18.5 Å². The molecule has 1 fully saturated rings. The Hall–Kier alpha value is -1.75. The van der Waals surface area contributed by atoms with Crippen LogP contribution in [-0.4, -0.2) is 21.7 Å². The smallest absolute Gasteiger partial charge is 0.181 e. The maximum Gasteiger partial charge on any atom is 0.181 e. The maximum absolute atomic E-state index is 5.23. The number of nitrogens with zero attached hydrogens (tertiary/aromatic N) is 3. The van der Waals surface area contributed by atoms with Crippen LogP contribution in [0.5, 0.6) is 0 Å². The normalized spacial score (nSPS) is 19.9. The van der Waals surface area contributed by atoms with Gasteiger partial charge >= 0.3 is 0 Å². The predicted molar refractivity (Wildman–Crippen MR) is 52.9 cm³/mol. The van der Waals surface area contributed by atoms with Gasteiger partial charge in [-0.25, -0.2) is 9.97 Å². The van der Waals surface area contributed by atoms with Gasteiger partial charge in [0.15, 0.2) is 17.3 Å². The average Bonchev–Trinajstić information content (AvgIpc) is 2.66. The lowest BCUT2D eigenvalue weighted by molar-refractivity contribution is 0.282. The molecule has 1 aliphatic heterocycles. The molecule has 5 heteroatoms. The van der Waals surface area contributed by atoms with Gasteiger partial charge in [-0.1, -0.05) is 5.16 Å². The number of hydrogen-bond acceptors (Lipinski definition) is 5. The van der Waals surface area contributed by atoms with E-state index in [2.05, 4.69) is 20.4 Å². The van der Waals surface area contributed by atoms with Crippen LogP contribution >= 0.6 is 0 Å². The summed E-state index contributed by atoms with van der Waals surface area (Å²) in [5.41, 5.74) is 0.694. The summed E-state index contributed by atoms with van der Waals surface area (Å²) in [6.45, 7) is 1.04. The molecule has 0 radical (unpaired) electrons. The molecule has 1 N–H and O–H groups in total. The summed E-state index contributed by atoms with van der Waals surface area (Å²) in [7, 11) is 0. The molecule has 15 heavy (non-hydrogen) atoms. The van der Waals surface area contributed by atoms with E-state index in [1.807, 2.05) is 6.07 Å². The van der Waals surface area contributed by atoms with Gasteiger partial charge in [-0.2, -0.15) is 0 Å². The van der Waals surface area contributed by atoms with E-state index in [0.717, 1.165) is 18.7 Å². The first-order valence-electron chi connectivity index (χ1n) is 4.91. The van der Waals surface area contributed by atoms with Crippen LogP contribution in [0.1, 0.15) is 18.2 Å². The second-order valence-electron chi connectivity index (χ2n) is 3.48. The van der Waals surface area contributed by atoms with E-state index in [4.69, 9.17) is 4.52 Å². The number of hydrogen-bond donors (Lipinski definition) is 1. The zero-order valence-corrected chi connectivity index (χ0v) is 8.05. The molecular formula is C10H10N4O. The van der Waals surface area contributed by atoms with Crippen molar-refractivity contribution in [1.82, 2.24) is 20.4 Å². The summed E-state index contributed by atoms with van der Waals surface area (Å²) in [4.78, 5) is 8.22. The summed E-state index contributed by atoms with van der Waals surface area (Å²) in [5, 5.41) is 7.20. The molecule has 0 aromatic carbocycles. The Balaban J connectivity index is 1.90. The quantitative estimate of drug-likeness (QED) is 0.791. The summed E-state index contributed by atoms with van der Waals surface area (Å²) in [6, 6.07) is 3.99. The van der Waals surface area contributed by atoms with Gasteiger partial charge in [-0.15, -0.1) is 0 Å². The molecular weight excluding hydrogens is 192 g/mol. The van der Waals surface area contributed by atoms with Gasteiger partial charge in [-0.05, 0) is 19.0 Å². The second-order valence-corrected chi connectivity index (χ2v) is 3.48. The molecule has 76 valence electrons. The zero-order chi connectivity index (χ0) is 10.1. The fraction of sp³-hybridized carbons (Fsp3) is 0.300. The summed E-state index contributed by atoms with van der Waals surface area (Å²) >= 11 is 0. The predicted octanol–water partition coefficient (Wildman–Crippen LogP) is 1.17. The number of nitrogens with one attached hydrogen (secondary N) is 1. The van der Waals surface area contributed by atoms with E-state index in [-0.39, 0.29) is 0 Å². The number of aromatic nitrogens is 3. The highest BCUT2D eigenvalue weighted by Gasteiger charge is 2.23. The molecule has 1 saturated heterocycles. The first kappa shape index (κ1) is 8.55. The molecule has 2 aromatic heterocycles. The van der Waals surface area contributed by atoms with Crippen molar-refractivity contribution in [3.8, 4) is 11.5 Å². The van der Waals surface area contributed by atoms with Crippen LogP contribution in [0.3, 0.4) is 0 Å². The second kappa shape index (κ2) is 3.43. The summed E-state index contributed by atoms with van der Waals surface area (Å²) < 4.78 is 5.23. The van der Waals surface area contributed by atoms with Crippen LogP contribution < -0.4 is 5.32 Å². The van der Waals surface area contributed by atoms with Crippen molar-refractivity contribution in [2.45, 2.75) is 12.5 Å². The van der Waals surface area contributed by atoms with Crippen molar-refractivity contribution < 1.29 is 4.52 Å². The first-order chi connectivity index (χ1) is 7.43. The molecule has 0 bridgehead atoms. The van der Waals surface area contributed by atoms with Gasteiger partial charge in [0.2, 0.25) is 0 Å². The van der Waals surface area contributed by atoms with Crippen molar-refractivity contribution in [2.75, 3.05) is 6.54 Å². The van der Waals surface area contributed by atoms with Crippen molar-refractivity contribution in [3.05, 3.63) is 30.3 Å². The minimum absolute atomic E-state index is 0.315. The molecule has 1 atom stereocenters. The SMILES string of the molecule is c1cnc(-c2cc(C3CCN3)on2)nc1. The summed E-state index contributed by atoms with van der Waals surface area (Å²) in [6.07, 6.45) is 4.49. The largest absolute Gasteiger partial charge is 0.359 e. The highest BCUT2D eigenvalue weighted by molar-refractivity contribution is 5.48. The molecule has 0 spiro atoms. The summed E-state index contributed by atoms with van der Waals surface area (Å²) in [5.74, 6) is 1.47. The van der Waals surface area contributed by atoms with E-state index in [0.29, 0.717) is 17.6 Å². The van der Waals surface area contributed by atoms with Crippen LogP contribution in [0.25, 0.3) is 11.5 Å². The van der Waals surface area contributed by atoms with Crippen molar-refractivity contribution >= 4 is 0 Å². The van der Waals surface area contributed by atoms with Crippen molar-refractivity contribution in [1.29, 1.82) is 0 Å². The van der Waals surface area contributed by atoms with Crippen molar-refractivity contribution in [3.63, 3.8) is 0 Å². The third-order valence-electron chi connectivity index (χ3n) is 2.49. The lowest BCUT2D eigenvalue weighted by Gasteiger charge is -2.24. The highest BCUT2D eigenvalue weighted by Crippen LogP contribution is 2.25. The Kier molecular flexibility index (Phi) is 1.96. The Bertz CT molecular complexity index is 449. The standard InChI is InChI=1S/C10H10N4O/c1-3-12-10(13-4-1)8-6-9(15-14-8)7-2-5-11-7/h1,3-4,6-7,11H,2,5H2. The Labute approximate surface area is 86.5 Å². The topological polar surface area (TPSA) is 63.8 Å². The third kappa shape index (κ3) is 1.50. The highest BCUT2D eigenvalue weighted by atomic mass is 16.5. The lowest BCUT2D eigenvalue weighted by Crippen LogP contribution is -2.34. The molecule has 0 saturated carbocycles. The monoisotopic (exact) mass is 202 g/mol. The van der Waals surface area contributed by atoms with Crippen LogP contribution in [0, 0.1) is 0 Å². The molecule has 0 amide bonds. The van der Waals surface area contributed by atoms with Gasteiger partial charge in [-0.3, -0.25) is 0 Å². The Morgan fingerprint density at radius 3 is 2.80 bits per heavy atom.